The molecule has 0 unspecified atom stereocenters. The van der Waals surface area contributed by atoms with Crippen molar-refractivity contribution in [3.8, 4) is 11.1 Å². The minimum Gasteiger partial charge on any atom is -0.339 e. The van der Waals surface area contributed by atoms with Gasteiger partial charge in [0.25, 0.3) is 5.91 Å². The topological polar surface area (TPSA) is 38.1 Å². The molecule has 3 aromatic rings. The SMILES string of the molecule is CCN(CC)C(=O)c1cccc(-c2ccc3c(cnn3C)c2)c1. The first kappa shape index (κ1) is 15.3. The summed E-state index contributed by atoms with van der Waals surface area (Å²) in [4.78, 5) is 14.4. The molecule has 1 amide bonds. The van der Waals surface area contributed by atoms with Gasteiger partial charge in [0, 0.05) is 31.1 Å². The highest BCUT2D eigenvalue weighted by atomic mass is 16.2. The maximum atomic E-state index is 12.5. The van der Waals surface area contributed by atoms with Gasteiger partial charge in [-0.15, -0.1) is 0 Å². The monoisotopic (exact) mass is 307 g/mol. The lowest BCUT2D eigenvalue weighted by Gasteiger charge is -2.19. The third kappa shape index (κ3) is 2.84. The first-order valence-corrected chi connectivity index (χ1v) is 7.95. The van der Waals surface area contributed by atoms with Crippen LogP contribution in [-0.2, 0) is 7.05 Å². The van der Waals surface area contributed by atoms with Crippen LogP contribution < -0.4 is 0 Å². The summed E-state index contributed by atoms with van der Waals surface area (Å²) < 4.78 is 1.86. The standard InChI is InChI=1S/C19H21N3O/c1-4-22(5-2)19(23)16-8-6-7-14(11-16)15-9-10-18-17(12-15)13-20-21(18)3/h6-13H,4-5H2,1-3H3. The number of nitrogens with zero attached hydrogens (tertiary/aromatic N) is 3. The molecule has 4 heteroatoms. The first-order chi connectivity index (χ1) is 11.1. The summed E-state index contributed by atoms with van der Waals surface area (Å²) in [5, 5.41) is 5.38. The van der Waals surface area contributed by atoms with Crippen LogP contribution in [0.1, 0.15) is 24.2 Å². The highest BCUT2D eigenvalue weighted by Gasteiger charge is 2.13. The van der Waals surface area contributed by atoms with Crippen LogP contribution in [0.4, 0.5) is 0 Å². The molecule has 0 saturated heterocycles. The van der Waals surface area contributed by atoms with Crippen LogP contribution in [0.25, 0.3) is 22.0 Å². The van der Waals surface area contributed by atoms with Crippen molar-refractivity contribution in [2.45, 2.75) is 13.8 Å². The molecule has 0 aliphatic heterocycles. The number of amides is 1. The second kappa shape index (κ2) is 6.24. The number of carbonyl (C=O) groups is 1. The molecule has 0 bridgehead atoms. The Morgan fingerprint density at radius 3 is 2.57 bits per heavy atom. The predicted octanol–water partition coefficient (Wildman–Crippen LogP) is 3.72. The Morgan fingerprint density at radius 1 is 1.09 bits per heavy atom. The van der Waals surface area contributed by atoms with Crippen molar-refractivity contribution < 1.29 is 4.79 Å². The molecule has 0 saturated carbocycles. The van der Waals surface area contributed by atoms with Gasteiger partial charge in [0.05, 0.1) is 11.7 Å². The first-order valence-electron chi connectivity index (χ1n) is 7.95. The molecule has 0 aliphatic carbocycles. The minimum absolute atomic E-state index is 0.0827. The van der Waals surface area contributed by atoms with Crippen molar-refractivity contribution in [3.05, 3.63) is 54.2 Å². The van der Waals surface area contributed by atoms with E-state index >= 15 is 0 Å². The number of benzene rings is 2. The van der Waals surface area contributed by atoms with Gasteiger partial charge < -0.3 is 4.90 Å². The van der Waals surface area contributed by atoms with Gasteiger partial charge in [0.1, 0.15) is 0 Å². The lowest BCUT2D eigenvalue weighted by Crippen LogP contribution is -2.30. The molecule has 0 radical (unpaired) electrons. The van der Waals surface area contributed by atoms with Crippen molar-refractivity contribution in [1.82, 2.24) is 14.7 Å². The summed E-state index contributed by atoms with van der Waals surface area (Å²) >= 11 is 0. The van der Waals surface area contributed by atoms with Crippen molar-refractivity contribution in [2.24, 2.45) is 7.05 Å². The fourth-order valence-electron chi connectivity index (χ4n) is 2.87. The van der Waals surface area contributed by atoms with Gasteiger partial charge in [-0.1, -0.05) is 18.2 Å². The van der Waals surface area contributed by atoms with Gasteiger partial charge >= 0.3 is 0 Å². The molecule has 0 N–H and O–H groups in total. The maximum absolute atomic E-state index is 12.5. The largest absolute Gasteiger partial charge is 0.339 e. The molecule has 3 rings (SSSR count). The van der Waals surface area contributed by atoms with Crippen molar-refractivity contribution in [3.63, 3.8) is 0 Å². The van der Waals surface area contributed by atoms with E-state index in [4.69, 9.17) is 0 Å². The zero-order chi connectivity index (χ0) is 16.4. The van der Waals surface area contributed by atoms with Crippen LogP contribution in [0.15, 0.2) is 48.7 Å². The normalized spacial score (nSPS) is 10.9. The average Bonchev–Trinajstić information content (AvgIpc) is 2.96. The molecule has 0 fully saturated rings. The fourth-order valence-corrected chi connectivity index (χ4v) is 2.87. The van der Waals surface area contributed by atoms with E-state index in [0.717, 1.165) is 40.7 Å². The second-order valence-corrected chi connectivity index (χ2v) is 5.60. The van der Waals surface area contributed by atoms with E-state index in [1.165, 1.54) is 0 Å². The van der Waals surface area contributed by atoms with E-state index in [9.17, 15) is 4.79 Å². The number of aromatic nitrogens is 2. The Morgan fingerprint density at radius 2 is 1.83 bits per heavy atom. The Labute approximate surface area is 136 Å². The number of hydrogen-bond acceptors (Lipinski definition) is 2. The molecule has 1 heterocycles. The number of hydrogen-bond donors (Lipinski definition) is 0. The van der Waals surface area contributed by atoms with Crippen LogP contribution in [0, 0.1) is 0 Å². The van der Waals surface area contributed by atoms with Crippen LogP contribution in [0.3, 0.4) is 0 Å². The van der Waals surface area contributed by atoms with Gasteiger partial charge in [0.2, 0.25) is 0 Å². The van der Waals surface area contributed by atoms with E-state index < -0.39 is 0 Å². The van der Waals surface area contributed by atoms with E-state index in [0.29, 0.717) is 0 Å². The number of aryl methyl sites for hydroxylation is 1. The summed E-state index contributed by atoms with van der Waals surface area (Å²) in [6.07, 6.45) is 1.86. The third-order valence-electron chi connectivity index (χ3n) is 4.24. The van der Waals surface area contributed by atoms with Gasteiger partial charge in [-0.05, 0) is 49.2 Å². The van der Waals surface area contributed by atoms with Crippen LogP contribution >= 0.6 is 0 Å². The lowest BCUT2D eigenvalue weighted by molar-refractivity contribution is 0.0773. The van der Waals surface area contributed by atoms with E-state index in [1.54, 1.807) is 0 Å². The molecule has 1 aromatic heterocycles. The van der Waals surface area contributed by atoms with Gasteiger partial charge in [-0.25, -0.2) is 0 Å². The summed E-state index contributed by atoms with van der Waals surface area (Å²) in [6, 6.07) is 14.1. The van der Waals surface area contributed by atoms with E-state index in [2.05, 4.69) is 23.3 Å². The van der Waals surface area contributed by atoms with Crippen molar-refractivity contribution in [2.75, 3.05) is 13.1 Å². The Hall–Kier alpha value is -2.62. The Bertz CT molecular complexity index is 847. The van der Waals surface area contributed by atoms with Gasteiger partial charge in [-0.3, -0.25) is 9.48 Å². The summed E-state index contributed by atoms with van der Waals surface area (Å²) in [5.74, 6) is 0.0827. The predicted molar refractivity (Wildman–Crippen MR) is 93.4 cm³/mol. The molecule has 118 valence electrons. The third-order valence-corrected chi connectivity index (χ3v) is 4.24. The Balaban J connectivity index is 1.99. The maximum Gasteiger partial charge on any atom is 0.253 e. The molecule has 2 aromatic carbocycles. The highest BCUT2D eigenvalue weighted by molar-refractivity contribution is 5.96. The van der Waals surface area contributed by atoms with E-state index in [1.807, 2.05) is 60.9 Å². The van der Waals surface area contributed by atoms with Gasteiger partial charge in [0.15, 0.2) is 0 Å². The minimum atomic E-state index is 0.0827. The molecule has 4 nitrogen and oxygen atoms in total. The summed E-state index contributed by atoms with van der Waals surface area (Å²) in [7, 11) is 1.94. The average molecular weight is 307 g/mol. The van der Waals surface area contributed by atoms with Gasteiger partial charge in [-0.2, -0.15) is 5.10 Å². The number of carbonyl (C=O) groups excluding carboxylic acids is 1. The fraction of sp³-hybridized carbons (Fsp3) is 0.263. The molecule has 0 atom stereocenters. The quantitative estimate of drug-likeness (QED) is 0.737. The second-order valence-electron chi connectivity index (χ2n) is 5.60. The number of rotatable bonds is 4. The zero-order valence-corrected chi connectivity index (χ0v) is 13.8. The summed E-state index contributed by atoms with van der Waals surface area (Å²) in [5.41, 5.74) is 3.98. The lowest BCUT2D eigenvalue weighted by atomic mass is 10.0. The smallest absolute Gasteiger partial charge is 0.253 e. The summed E-state index contributed by atoms with van der Waals surface area (Å²) in [6.45, 7) is 5.45. The zero-order valence-electron chi connectivity index (χ0n) is 13.8. The van der Waals surface area contributed by atoms with E-state index in [-0.39, 0.29) is 5.91 Å². The molecule has 0 aliphatic rings. The highest BCUT2D eigenvalue weighted by Crippen LogP contribution is 2.25. The van der Waals surface area contributed by atoms with Crippen LogP contribution in [0.5, 0.6) is 0 Å². The van der Waals surface area contributed by atoms with Crippen molar-refractivity contribution in [1.29, 1.82) is 0 Å². The molecular formula is C19H21N3O. The van der Waals surface area contributed by atoms with Crippen LogP contribution in [-0.4, -0.2) is 33.7 Å². The molecular weight excluding hydrogens is 286 g/mol. The molecule has 0 spiro atoms. The molecule has 23 heavy (non-hydrogen) atoms. The number of fused-ring (bicyclic) bond motifs is 1. The Kier molecular flexibility index (Phi) is 4.15. The van der Waals surface area contributed by atoms with Crippen LogP contribution in [0.2, 0.25) is 0 Å². The van der Waals surface area contributed by atoms with Crippen molar-refractivity contribution >= 4 is 16.8 Å².